The van der Waals surface area contributed by atoms with Gasteiger partial charge in [-0.3, -0.25) is 15.0 Å². The zero-order chi connectivity index (χ0) is 21.3. The third-order valence-corrected chi connectivity index (χ3v) is 4.74. The van der Waals surface area contributed by atoms with Crippen molar-refractivity contribution in [1.82, 2.24) is 10.4 Å². The molecular formula is C22H22N6O2. The minimum absolute atomic E-state index is 0.0760. The number of rotatable bonds is 4. The smallest absolute Gasteiger partial charge is 0.292 e. The summed E-state index contributed by atoms with van der Waals surface area (Å²) in [5.41, 5.74) is 4.93. The summed E-state index contributed by atoms with van der Waals surface area (Å²) in [6.45, 7) is 1.66. The van der Waals surface area contributed by atoms with Crippen molar-refractivity contribution >= 4 is 45.7 Å². The van der Waals surface area contributed by atoms with E-state index >= 15 is 0 Å². The van der Waals surface area contributed by atoms with E-state index in [1.807, 2.05) is 61.5 Å². The van der Waals surface area contributed by atoms with Crippen molar-refractivity contribution in [3.8, 4) is 0 Å². The number of carbonyl (C=O) groups excluding carboxylic acids is 2. The Morgan fingerprint density at radius 2 is 1.87 bits per heavy atom. The minimum Gasteiger partial charge on any atom is -0.363 e. The zero-order valence-corrected chi connectivity index (χ0v) is 17.0. The van der Waals surface area contributed by atoms with E-state index in [9.17, 15) is 9.59 Å². The van der Waals surface area contributed by atoms with Gasteiger partial charge in [0.1, 0.15) is 11.9 Å². The summed E-state index contributed by atoms with van der Waals surface area (Å²) >= 11 is 0. The number of benzene rings is 2. The Kier molecular flexibility index (Phi) is 5.05. The van der Waals surface area contributed by atoms with Crippen molar-refractivity contribution in [2.24, 2.45) is 4.99 Å². The van der Waals surface area contributed by atoms with Crippen molar-refractivity contribution in [3.63, 3.8) is 0 Å². The molecule has 1 aliphatic rings. The first kappa shape index (κ1) is 19.4. The van der Waals surface area contributed by atoms with Crippen LogP contribution >= 0.6 is 0 Å². The summed E-state index contributed by atoms with van der Waals surface area (Å²) in [4.78, 5) is 36.0. The van der Waals surface area contributed by atoms with Crippen LogP contribution < -0.4 is 20.7 Å². The van der Waals surface area contributed by atoms with Gasteiger partial charge in [-0.25, -0.2) is 15.0 Å². The molecule has 0 aliphatic carbocycles. The zero-order valence-electron chi connectivity index (χ0n) is 17.0. The van der Waals surface area contributed by atoms with Crippen molar-refractivity contribution in [2.45, 2.75) is 13.0 Å². The number of pyridine rings is 1. The highest BCUT2D eigenvalue weighted by atomic mass is 16.2. The highest BCUT2D eigenvalue weighted by Crippen LogP contribution is 2.21. The number of aromatic nitrogens is 1. The number of hydrazine groups is 1. The van der Waals surface area contributed by atoms with Crippen LogP contribution in [0.1, 0.15) is 6.92 Å². The number of nitrogens with zero attached hydrogens (tertiary/aromatic N) is 4. The second kappa shape index (κ2) is 7.82. The Labute approximate surface area is 174 Å². The number of nitrogens with one attached hydrogen (secondary N) is 2. The van der Waals surface area contributed by atoms with Crippen LogP contribution in [0.2, 0.25) is 0 Å². The van der Waals surface area contributed by atoms with Gasteiger partial charge in [0.25, 0.3) is 11.8 Å². The maximum atomic E-state index is 12.8. The predicted octanol–water partition coefficient (Wildman–Crippen LogP) is 2.58. The topological polar surface area (TPSA) is 89.9 Å². The van der Waals surface area contributed by atoms with Crippen molar-refractivity contribution < 1.29 is 9.59 Å². The molecule has 2 aromatic carbocycles. The van der Waals surface area contributed by atoms with Crippen LogP contribution in [0.4, 0.5) is 17.2 Å². The summed E-state index contributed by atoms with van der Waals surface area (Å²) in [7, 11) is 3.87. The van der Waals surface area contributed by atoms with Crippen LogP contribution in [0.5, 0.6) is 0 Å². The summed E-state index contributed by atoms with van der Waals surface area (Å²) in [5.74, 6) is 0.283. The Hall–Kier alpha value is -3.94. The molecule has 4 rings (SSSR count). The number of carbonyl (C=O) groups is 2. The van der Waals surface area contributed by atoms with Gasteiger partial charge < -0.3 is 10.2 Å². The van der Waals surface area contributed by atoms with Crippen molar-refractivity contribution in [2.75, 3.05) is 29.3 Å². The number of aliphatic imine (C=N–C) groups is 1. The standard InChI is InChI=1S/C22H22N6O2/c1-14-22(30)28(17-7-5-4-6-8-17)26-20(23-14)21(29)24-16-10-11-18-15(13-16)9-12-19(25-18)27(2)3/h4-14H,1-3H3,(H,23,26)(H,24,29)/t14-/m0/s1. The lowest BCUT2D eigenvalue weighted by molar-refractivity contribution is -0.120. The average Bonchev–Trinajstić information content (AvgIpc) is 2.75. The van der Waals surface area contributed by atoms with Crippen LogP contribution in [-0.2, 0) is 9.59 Å². The van der Waals surface area contributed by atoms with Gasteiger partial charge in [0.2, 0.25) is 5.84 Å². The first-order valence-corrected chi connectivity index (χ1v) is 9.55. The van der Waals surface area contributed by atoms with Crippen LogP contribution in [-0.4, -0.2) is 42.8 Å². The Bertz CT molecular complexity index is 1140. The van der Waals surface area contributed by atoms with Crippen molar-refractivity contribution in [3.05, 3.63) is 60.7 Å². The maximum Gasteiger partial charge on any atom is 0.292 e. The lowest BCUT2D eigenvalue weighted by atomic mass is 10.2. The van der Waals surface area contributed by atoms with E-state index in [1.54, 1.807) is 25.1 Å². The molecule has 2 N–H and O–H groups in total. The molecular weight excluding hydrogens is 380 g/mol. The fourth-order valence-corrected chi connectivity index (χ4v) is 3.14. The van der Waals surface area contributed by atoms with E-state index in [2.05, 4.69) is 20.7 Å². The molecule has 30 heavy (non-hydrogen) atoms. The Morgan fingerprint density at radius 3 is 2.60 bits per heavy atom. The molecule has 0 spiro atoms. The third kappa shape index (κ3) is 3.80. The molecule has 2 heterocycles. The molecule has 0 saturated carbocycles. The van der Waals surface area contributed by atoms with Gasteiger partial charge in [0.05, 0.1) is 11.2 Å². The summed E-state index contributed by atoms with van der Waals surface area (Å²) in [6, 6.07) is 17.8. The van der Waals surface area contributed by atoms with E-state index in [-0.39, 0.29) is 11.7 Å². The number of hydrogen-bond acceptors (Lipinski definition) is 6. The molecule has 0 bridgehead atoms. The van der Waals surface area contributed by atoms with Gasteiger partial charge in [-0.15, -0.1) is 0 Å². The molecule has 3 aromatic rings. The molecule has 8 heteroatoms. The van der Waals surface area contributed by atoms with Gasteiger partial charge >= 0.3 is 0 Å². The van der Waals surface area contributed by atoms with Gasteiger partial charge in [-0.05, 0) is 49.4 Å². The number of para-hydroxylation sites is 1. The summed E-state index contributed by atoms with van der Waals surface area (Å²) in [6.07, 6.45) is 0. The van der Waals surface area contributed by atoms with Crippen molar-refractivity contribution in [1.29, 1.82) is 0 Å². The summed E-state index contributed by atoms with van der Waals surface area (Å²) in [5, 5.41) is 5.10. The average molecular weight is 402 g/mol. The fourth-order valence-electron chi connectivity index (χ4n) is 3.14. The molecule has 152 valence electrons. The van der Waals surface area contributed by atoms with Crippen LogP contribution in [0.15, 0.2) is 65.7 Å². The lowest BCUT2D eigenvalue weighted by Gasteiger charge is -2.30. The molecule has 1 aliphatic heterocycles. The highest BCUT2D eigenvalue weighted by molar-refractivity contribution is 6.43. The monoisotopic (exact) mass is 402 g/mol. The molecule has 0 fully saturated rings. The van der Waals surface area contributed by atoms with E-state index in [0.717, 1.165) is 16.7 Å². The SMILES string of the molecule is C[C@@H]1N=C(C(=O)Nc2ccc3nc(N(C)C)ccc3c2)NN(c2ccccc2)C1=O. The van der Waals surface area contributed by atoms with Gasteiger partial charge in [-0.2, -0.15) is 0 Å². The molecule has 0 unspecified atom stereocenters. The molecule has 0 saturated heterocycles. The second-order valence-corrected chi connectivity index (χ2v) is 7.20. The molecule has 1 atom stereocenters. The number of fused-ring (bicyclic) bond motifs is 1. The minimum atomic E-state index is -0.669. The fraction of sp³-hybridized carbons (Fsp3) is 0.182. The molecule has 1 aromatic heterocycles. The van der Waals surface area contributed by atoms with Crippen LogP contribution in [0.25, 0.3) is 10.9 Å². The number of anilines is 3. The molecule has 0 radical (unpaired) electrons. The predicted molar refractivity (Wildman–Crippen MR) is 119 cm³/mol. The van der Waals surface area contributed by atoms with Gasteiger partial charge in [0.15, 0.2) is 0 Å². The van der Waals surface area contributed by atoms with Crippen LogP contribution in [0.3, 0.4) is 0 Å². The first-order valence-electron chi connectivity index (χ1n) is 9.55. The van der Waals surface area contributed by atoms with E-state index < -0.39 is 11.9 Å². The quantitative estimate of drug-likeness (QED) is 0.700. The first-order chi connectivity index (χ1) is 14.4. The third-order valence-electron chi connectivity index (χ3n) is 4.74. The highest BCUT2D eigenvalue weighted by Gasteiger charge is 2.30. The summed E-state index contributed by atoms with van der Waals surface area (Å²) < 4.78 is 0. The normalized spacial score (nSPS) is 16.1. The van der Waals surface area contributed by atoms with Crippen LogP contribution in [0, 0.1) is 0 Å². The second-order valence-electron chi connectivity index (χ2n) is 7.20. The molecule has 8 nitrogen and oxygen atoms in total. The lowest BCUT2D eigenvalue weighted by Crippen LogP contribution is -2.57. The number of amidine groups is 1. The Morgan fingerprint density at radius 1 is 1.10 bits per heavy atom. The van der Waals surface area contributed by atoms with Gasteiger partial charge in [-0.1, -0.05) is 18.2 Å². The van der Waals surface area contributed by atoms with E-state index in [4.69, 9.17) is 0 Å². The molecule has 2 amide bonds. The van der Waals surface area contributed by atoms with E-state index in [1.165, 1.54) is 5.01 Å². The van der Waals surface area contributed by atoms with Gasteiger partial charge in [0, 0.05) is 25.2 Å². The number of amides is 2. The maximum absolute atomic E-state index is 12.8. The largest absolute Gasteiger partial charge is 0.363 e. The van der Waals surface area contributed by atoms with E-state index in [0.29, 0.717) is 11.4 Å². The Balaban J connectivity index is 1.55. The number of hydrogen-bond donors (Lipinski definition) is 2.